The third-order valence-electron chi connectivity index (χ3n) is 2.55. The summed E-state index contributed by atoms with van der Waals surface area (Å²) < 4.78 is 11.2. The van der Waals surface area contributed by atoms with Gasteiger partial charge in [0.1, 0.15) is 0 Å². The van der Waals surface area contributed by atoms with Crippen LogP contribution in [0.5, 0.6) is 0 Å². The molecule has 4 atom stereocenters. The first-order valence-electron chi connectivity index (χ1n) is 6.02. The highest BCUT2D eigenvalue weighted by molar-refractivity contribution is 4.90. The standard InChI is InChI=1S/C8H14O2.2C2H6/c1-5-3-9-8-6(2)4-10-7(5)8;2*1-2/h5-8H,3-4H2,1-2H3;2*1-2H3/t5?,6?,7-,8-;;/m1../s1. The molecular formula is C12H26O2. The van der Waals surface area contributed by atoms with Gasteiger partial charge in [-0.25, -0.2) is 0 Å². The summed E-state index contributed by atoms with van der Waals surface area (Å²) in [6, 6.07) is 0. The van der Waals surface area contributed by atoms with Crippen molar-refractivity contribution in [1.29, 1.82) is 0 Å². The zero-order valence-electron chi connectivity index (χ0n) is 10.5. The Labute approximate surface area is 89.0 Å². The molecular weight excluding hydrogens is 176 g/mol. The minimum absolute atomic E-state index is 0.398. The topological polar surface area (TPSA) is 18.5 Å². The van der Waals surface area contributed by atoms with Crippen molar-refractivity contribution in [2.24, 2.45) is 11.8 Å². The summed E-state index contributed by atoms with van der Waals surface area (Å²) in [5.41, 5.74) is 0. The van der Waals surface area contributed by atoms with Crippen LogP contribution in [0.3, 0.4) is 0 Å². The maximum Gasteiger partial charge on any atom is 0.0887 e. The zero-order valence-corrected chi connectivity index (χ0v) is 10.5. The molecule has 0 aromatic rings. The van der Waals surface area contributed by atoms with E-state index >= 15 is 0 Å². The lowest BCUT2D eigenvalue weighted by molar-refractivity contribution is 0.0627. The van der Waals surface area contributed by atoms with Gasteiger partial charge in [-0.3, -0.25) is 0 Å². The van der Waals surface area contributed by atoms with Crippen LogP contribution in [0, 0.1) is 11.8 Å². The van der Waals surface area contributed by atoms with Gasteiger partial charge in [-0.15, -0.1) is 0 Å². The van der Waals surface area contributed by atoms with Crippen LogP contribution < -0.4 is 0 Å². The smallest absolute Gasteiger partial charge is 0.0887 e. The number of ether oxygens (including phenoxy) is 2. The van der Waals surface area contributed by atoms with Crippen molar-refractivity contribution in [3.63, 3.8) is 0 Å². The first kappa shape index (κ1) is 13.9. The Morgan fingerprint density at radius 2 is 1.00 bits per heavy atom. The maximum absolute atomic E-state index is 5.58. The van der Waals surface area contributed by atoms with Gasteiger partial charge < -0.3 is 9.47 Å². The molecule has 2 rings (SSSR count). The van der Waals surface area contributed by atoms with E-state index in [1.807, 2.05) is 27.7 Å². The SMILES string of the molecule is CC.CC.CC1CO[C@@H]2C(C)CO[C@H]12. The van der Waals surface area contributed by atoms with Crippen molar-refractivity contribution in [3.8, 4) is 0 Å². The van der Waals surface area contributed by atoms with Crippen molar-refractivity contribution in [2.45, 2.75) is 53.8 Å². The largest absolute Gasteiger partial charge is 0.375 e. The Bertz CT molecular complexity index is 120. The molecule has 86 valence electrons. The van der Waals surface area contributed by atoms with Gasteiger partial charge in [-0.05, 0) is 0 Å². The van der Waals surface area contributed by atoms with E-state index < -0.39 is 0 Å². The molecule has 2 aliphatic heterocycles. The Kier molecular flexibility index (Phi) is 7.20. The van der Waals surface area contributed by atoms with E-state index in [-0.39, 0.29) is 0 Å². The fourth-order valence-corrected chi connectivity index (χ4v) is 1.88. The van der Waals surface area contributed by atoms with E-state index in [0.717, 1.165) is 13.2 Å². The number of fused-ring (bicyclic) bond motifs is 1. The van der Waals surface area contributed by atoms with Crippen molar-refractivity contribution in [2.75, 3.05) is 13.2 Å². The van der Waals surface area contributed by atoms with Crippen molar-refractivity contribution in [1.82, 2.24) is 0 Å². The molecule has 0 aromatic carbocycles. The molecule has 0 saturated carbocycles. The molecule has 0 spiro atoms. The van der Waals surface area contributed by atoms with E-state index in [4.69, 9.17) is 9.47 Å². The molecule has 0 radical (unpaired) electrons. The lowest BCUT2D eigenvalue weighted by atomic mass is 9.99. The minimum Gasteiger partial charge on any atom is -0.375 e. The van der Waals surface area contributed by atoms with Crippen molar-refractivity contribution >= 4 is 0 Å². The van der Waals surface area contributed by atoms with E-state index in [9.17, 15) is 0 Å². The van der Waals surface area contributed by atoms with Crippen LogP contribution in [0.2, 0.25) is 0 Å². The Morgan fingerprint density at radius 1 is 0.714 bits per heavy atom. The monoisotopic (exact) mass is 202 g/mol. The number of rotatable bonds is 0. The van der Waals surface area contributed by atoms with Gasteiger partial charge in [-0.2, -0.15) is 0 Å². The Morgan fingerprint density at radius 3 is 1.29 bits per heavy atom. The van der Waals surface area contributed by atoms with Gasteiger partial charge in [0.15, 0.2) is 0 Å². The highest BCUT2D eigenvalue weighted by Gasteiger charge is 2.43. The molecule has 2 heteroatoms. The molecule has 2 aliphatic rings. The average molecular weight is 202 g/mol. The van der Waals surface area contributed by atoms with Crippen LogP contribution in [0.4, 0.5) is 0 Å². The molecule has 14 heavy (non-hydrogen) atoms. The highest BCUT2D eigenvalue weighted by Crippen LogP contribution is 2.33. The van der Waals surface area contributed by atoms with Crippen LogP contribution in [-0.2, 0) is 9.47 Å². The molecule has 0 N–H and O–H groups in total. The molecule has 2 nitrogen and oxygen atoms in total. The molecule has 2 heterocycles. The van der Waals surface area contributed by atoms with E-state index in [2.05, 4.69) is 13.8 Å². The summed E-state index contributed by atoms with van der Waals surface area (Å²) in [5.74, 6) is 1.21. The van der Waals surface area contributed by atoms with Crippen LogP contribution in [0.1, 0.15) is 41.5 Å². The van der Waals surface area contributed by atoms with Crippen molar-refractivity contribution < 1.29 is 9.47 Å². The van der Waals surface area contributed by atoms with Gasteiger partial charge in [0.25, 0.3) is 0 Å². The summed E-state index contributed by atoms with van der Waals surface area (Å²) in [5, 5.41) is 0. The lowest BCUT2D eigenvalue weighted by Gasteiger charge is -2.10. The lowest BCUT2D eigenvalue weighted by Crippen LogP contribution is -2.23. The highest BCUT2D eigenvalue weighted by atomic mass is 16.6. The third-order valence-corrected chi connectivity index (χ3v) is 2.55. The molecule has 0 bridgehead atoms. The van der Waals surface area contributed by atoms with Crippen LogP contribution in [0.25, 0.3) is 0 Å². The molecule has 0 aliphatic carbocycles. The van der Waals surface area contributed by atoms with E-state index in [1.54, 1.807) is 0 Å². The van der Waals surface area contributed by atoms with Crippen LogP contribution in [0.15, 0.2) is 0 Å². The Hall–Kier alpha value is -0.0800. The molecule has 2 unspecified atom stereocenters. The summed E-state index contributed by atoms with van der Waals surface area (Å²) in [7, 11) is 0. The van der Waals surface area contributed by atoms with Gasteiger partial charge in [0.2, 0.25) is 0 Å². The Balaban J connectivity index is 0.000000379. The molecule has 0 amide bonds. The second-order valence-corrected chi connectivity index (χ2v) is 3.55. The predicted molar refractivity (Wildman–Crippen MR) is 60.5 cm³/mol. The number of hydrogen-bond donors (Lipinski definition) is 0. The summed E-state index contributed by atoms with van der Waals surface area (Å²) >= 11 is 0. The van der Waals surface area contributed by atoms with Gasteiger partial charge in [-0.1, -0.05) is 41.5 Å². The van der Waals surface area contributed by atoms with Crippen LogP contribution >= 0.6 is 0 Å². The molecule has 0 aromatic heterocycles. The summed E-state index contributed by atoms with van der Waals surface area (Å²) in [6.07, 6.45) is 0.796. The summed E-state index contributed by atoms with van der Waals surface area (Å²) in [4.78, 5) is 0. The minimum atomic E-state index is 0.398. The van der Waals surface area contributed by atoms with Crippen LogP contribution in [-0.4, -0.2) is 25.4 Å². The first-order chi connectivity index (χ1) is 6.79. The quantitative estimate of drug-likeness (QED) is 0.601. The summed E-state index contributed by atoms with van der Waals surface area (Å²) in [6.45, 7) is 14.2. The third kappa shape index (κ3) is 2.96. The van der Waals surface area contributed by atoms with Gasteiger partial charge in [0.05, 0.1) is 25.4 Å². The fourth-order valence-electron chi connectivity index (χ4n) is 1.88. The van der Waals surface area contributed by atoms with Gasteiger partial charge in [0, 0.05) is 11.8 Å². The first-order valence-corrected chi connectivity index (χ1v) is 6.02. The zero-order chi connectivity index (χ0) is 11.1. The number of hydrogen-bond acceptors (Lipinski definition) is 2. The molecule has 2 fully saturated rings. The van der Waals surface area contributed by atoms with E-state index in [0.29, 0.717) is 24.0 Å². The van der Waals surface area contributed by atoms with Crippen molar-refractivity contribution in [3.05, 3.63) is 0 Å². The second kappa shape index (κ2) is 7.24. The fraction of sp³-hybridized carbons (Fsp3) is 1.00. The average Bonchev–Trinajstić information content (AvgIpc) is 2.79. The normalized spacial score (nSPS) is 39.0. The predicted octanol–water partition coefficient (Wildman–Crippen LogP) is 3.11. The van der Waals surface area contributed by atoms with Gasteiger partial charge >= 0.3 is 0 Å². The maximum atomic E-state index is 5.58. The van der Waals surface area contributed by atoms with E-state index in [1.165, 1.54) is 0 Å². The second-order valence-electron chi connectivity index (χ2n) is 3.55. The molecule has 2 saturated heterocycles.